The van der Waals surface area contributed by atoms with Crippen LogP contribution in [0.4, 0.5) is 0 Å². The van der Waals surface area contributed by atoms with E-state index in [9.17, 15) is 13.2 Å². The van der Waals surface area contributed by atoms with Crippen LogP contribution < -0.4 is 5.32 Å². The minimum absolute atomic E-state index is 0.164. The summed E-state index contributed by atoms with van der Waals surface area (Å²) in [5, 5.41) is 3.57. The van der Waals surface area contributed by atoms with Gasteiger partial charge in [0.1, 0.15) is 0 Å². The number of thioether (sulfide) groups is 1. The van der Waals surface area contributed by atoms with E-state index in [1.165, 1.54) is 7.05 Å². The van der Waals surface area contributed by atoms with Crippen molar-refractivity contribution < 1.29 is 13.2 Å². The van der Waals surface area contributed by atoms with Crippen molar-refractivity contribution in [1.82, 2.24) is 9.62 Å². The van der Waals surface area contributed by atoms with E-state index < -0.39 is 10.0 Å². The number of likely N-dealkylation sites (N-methyl/N-ethyl adjacent to an activating group) is 1. The molecule has 2 aromatic rings. The lowest BCUT2D eigenvalue weighted by molar-refractivity contribution is -0.121. The quantitative estimate of drug-likeness (QED) is 0.796. The van der Waals surface area contributed by atoms with E-state index in [2.05, 4.69) is 5.32 Å². The normalized spacial score (nSPS) is 16.8. The number of carbonyl (C=O) groups is 1. The van der Waals surface area contributed by atoms with Crippen LogP contribution in [0, 0.1) is 6.92 Å². The molecular weight excluding hydrogens is 404 g/mol. The molecule has 1 N–H and O–H groups in total. The number of rotatable bonds is 5. The zero-order valence-electron chi connectivity index (χ0n) is 15.1. The molecule has 0 bridgehead atoms. The smallest absolute Gasteiger partial charge is 0.243 e. The largest absolute Gasteiger partial charge is 0.348 e. The minimum Gasteiger partial charge on any atom is -0.348 e. The van der Waals surface area contributed by atoms with Crippen LogP contribution in [0.3, 0.4) is 0 Å². The van der Waals surface area contributed by atoms with Gasteiger partial charge < -0.3 is 5.32 Å². The van der Waals surface area contributed by atoms with Gasteiger partial charge in [0, 0.05) is 22.7 Å². The maximum absolute atomic E-state index is 12.6. The van der Waals surface area contributed by atoms with Crippen LogP contribution in [0.5, 0.6) is 0 Å². The van der Waals surface area contributed by atoms with Crippen LogP contribution in [0.25, 0.3) is 0 Å². The highest BCUT2D eigenvalue weighted by Gasteiger charge is 2.26. The predicted octanol–water partition coefficient (Wildman–Crippen LogP) is 3.62. The average Bonchev–Trinajstić information content (AvgIpc) is 2.62. The first kappa shape index (κ1) is 20.2. The molecule has 0 fully saturated rings. The number of halogens is 1. The standard InChI is InChI=1S/C19H21ClN2O3S2/c1-13-3-6-15(7-4-13)27(24,25)22(2)12-19(23)21-17-9-10-26-18-8-5-14(20)11-16(17)18/h3-8,11,17H,9-10,12H2,1-2H3,(H,21,23)/t17-/m0/s1. The number of amides is 1. The molecule has 0 saturated heterocycles. The van der Waals surface area contributed by atoms with Gasteiger partial charge in [0.25, 0.3) is 0 Å². The second-order valence-electron chi connectivity index (χ2n) is 6.51. The first-order chi connectivity index (χ1) is 12.8. The number of sulfonamides is 1. The Kier molecular flexibility index (Phi) is 6.15. The van der Waals surface area contributed by atoms with Gasteiger partial charge >= 0.3 is 0 Å². The van der Waals surface area contributed by atoms with Gasteiger partial charge in [-0.05, 0) is 49.2 Å². The van der Waals surface area contributed by atoms with Gasteiger partial charge in [-0.2, -0.15) is 4.31 Å². The zero-order chi connectivity index (χ0) is 19.6. The van der Waals surface area contributed by atoms with Crippen molar-refractivity contribution in [3.63, 3.8) is 0 Å². The lowest BCUT2D eigenvalue weighted by atomic mass is 10.0. The molecule has 1 atom stereocenters. The van der Waals surface area contributed by atoms with E-state index in [1.54, 1.807) is 36.0 Å². The lowest BCUT2D eigenvalue weighted by Gasteiger charge is -2.27. The van der Waals surface area contributed by atoms with E-state index in [-0.39, 0.29) is 23.4 Å². The number of aryl methyl sites for hydroxylation is 1. The van der Waals surface area contributed by atoms with Crippen LogP contribution in [0.15, 0.2) is 52.3 Å². The van der Waals surface area contributed by atoms with Gasteiger partial charge in [-0.1, -0.05) is 29.3 Å². The fourth-order valence-corrected chi connectivity index (χ4v) is 5.35. The monoisotopic (exact) mass is 424 g/mol. The molecule has 1 aliphatic rings. The number of hydrogen-bond donors (Lipinski definition) is 1. The average molecular weight is 425 g/mol. The predicted molar refractivity (Wildman–Crippen MR) is 109 cm³/mol. The Hall–Kier alpha value is -1.54. The summed E-state index contributed by atoms with van der Waals surface area (Å²) < 4.78 is 26.4. The van der Waals surface area contributed by atoms with Gasteiger partial charge in [0.05, 0.1) is 17.5 Å². The molecule has 2 aromatic carbocycles. The minimum atomic E-state index is -3.71. The SMILES string of the molecule is Cc1ccc(S(=O)(=O)N(C)CC(=O)N[C@H]2CCSc3ccc(Cl)cc32)cc1. The molecule has 3 rings (SSSR count). The van der Waals surface area contributed by atoms with Gasteiger partial charge in [-0.25, -0.2) is 8.42 Å². The number of benzene rings is 2. The molecule has 1 amide bonds. The molecule has 0 unspecified atom stereocenters. The summed E-state index contributed by atoms with van der Waals surface area (Å²) in [7, 11) is -2.30. The number of nitrogens with one attached hydrogen (secondary N) is 1. The summed E-state index contributed by atoms with van der Waals surface area (Å²) in [6, 6.07) is 12.1. The molecule has 0 spiro atoms. The third kappa shape index (κ3) is 4.66. The summed E-state index contributed by atoms with van der Waals surface area (Å²) in [5.41, 5.74) is 1.96. The second kappa shape index (κ2) is 8.22. The van der Waals surface area contributed by atoms with Gasteiger partial charge in [-0.3, -0.25) is 4.79 Å². The highest BCUT2D eigenvalue weighted by molar-refractivity contribution is 7.99. The fourth-order valence-electron chi connectivity index (χ4n) is 2.93. The Morgan fingerprint density at radius 1 is 1.26 bits per heavy atom. The molecule has 27 heavy (non-hydrogen) atoms. The first-order valence-corrected chi connectivity index (χ1v) is 11.3. The maximum Gasteiger partial charge on any atom is 0.243 e. The van der Waals surface area contributed by atoms with E-state index in [0.29, 0.717) is 5.02 Å². The van der Waals surface area contributed by atoms with Crippen molar-refractivity contribution in [2.24, 2.45) is 0 Å². The van der Waals surface area contributed by atoms with Crippen molar-refractivity contribution in [3.8, 4) is 0 Å². The van der Waals surface area contributed by atoms with Crippen LogP contribution in [0.2, 0.25) is 5.02 Å². The highest BCUT2D eigenvalue weighted by Crippen LogP contribution is 2.37. The Balaban J connectivity index is 1.69. The van der Waals surface area contributed by atoms with Crippen LogP contribution in [0.1, 0.15) is 23.6 Å². The number of nitrogens with zero attached hydrogens (tertiary/aromatic N) is 1. The topological polar surface area (TPSA) is 66.5 Å². The molecule has 0 saturated carbocycles. The maximum atomic E-state index is 12.6. The van der Waals surface area contributed by atoms with Gasteiger partial charge in [-0.15, -0.1) is 11.8 Å². The van der Waals surface area contributed by atoms with Crippen LogP contribution in [-0.4, -0.2) is 38.0 Å². The Bertz CT molecular complexity index is 946. The number of fused-ring (bicyclic) bond motifs is 1. The lowest BCUT2D eigenvalue weighted by Crippen LogP contribution is -2.40. The molecule has 0 aliphatic carbocycles. The molecule has 0 radical (unpaired) electrons. The molecule has 0 aromatic heterocycles. The van der Waals surface area contributed by atoms with Crippen molar-refractivity contribution >= 4 is 39.3 Å². The molecule has 1 heterocycles. The van der Waals surface area contributed by atoms with Crippen molar-refractivity contribution in [3.05, 3.63) is 58.6 Å². The van der Waals surface area contributed by atoms with Crippen LogP contribution in [-0.2, 0) is 14.8 Å². The van der Waals surface area contributed by atoms with Crippen molar-refractivity contribution in [1.29, 1.82) is 0 Å². The van der Waals surface area contributed by atoms with E-state index in [0.717, 1.165) is 32.5 Å². The zero-order valence-corrected chi connectivity index (χ0v) is 17.5. The van der Waals surface area contributed by atoms with Crippen LogP contribution >= 0.6 is 23.4 Å². The van der Waals surface area contributed by atoms with E-state index in [1.807, 2.05) is 25.1 Å². The summed E-state index contributed by atoms with van der Waals surface area (Å²) in [4.78, 5) is 13.8. The third-order valence-electron chi connectivity index (χ3n) is 4.44. The fraction of sp³-hybridized carbons (Fsp3) is 0.316. The van der Waals surface area contributed by atoms with Gasteiger partial charge in [0.15, 0.2) is 0 Å². The number of carbonyl (C=O) groups excluding carboxylic acids is 1. The summed E-state index contributed by atoms with van der Waals surface area (Å²) in [6.07, 6.45) is 0.776. The second-order valence-corrected chi connectivity index (χ2v) is 10.1. The highest BCUT2D eigenvalue weighted by atomic mass is 35.5. The first-order valence-electron chi connectivity index (χ1n) is 8.52. The molecular formula is C19H21ClN2O3S2. The molecule has 1 aliphatic heterocycles. The van der Waals surface area contributed by atoms with E-state index >= 15 is 0 Å². The van der Waals surface area contributed by atoms with Gasteiger partial charge in [0.2, 0.25) is 15.9 Å². The molecule has 144 valence electrons. The summed E-state index contributed by atoms with van der Waals surface area (Å²) >= 11 is 7.82. The summed E-state index contributed by atoms with van der Waals surface area (Å²) in [5.74, 6) is 0.549. The Morgan fingerprint density at radius 2 is 1.96 bits per heavy atom. The van der Waals surface area contributed by atoms with E-state index in [4.69, 9.17) is 11.6 Å². The molecule has 5 nitrogen and oxygen atoms in total. The van der Waals surface area contributed by atoms with Crippen molar-refractivity contribution in [2.45, 2.75) is 29.2 Å². The Labute approximate surface area is 169 Å². The summed E-state index contributed by atoms with van der Waals surface area (Å²) in [6.45, 7) is 1.65. The number of hydrogen-bond acceptors (Lipinski definition) is 4. The van der Waals surface area contributed by atoms with Crippen molar-refractivity contribution in [2.75, 3.05) is 19.3 Å². The third-order valence-corrected chi connectivity index (χ3v) is 7.62. The molecule has 8 heteroatoms. The Morgan fingerprint density at radius 3 is 2.67 bits per heavy atom.